The van der Waals surface area contributed by atoms with Gasteiger partial charge in [0.15, 0.2) is 5.96 Å². The summed E-state index contributed by atoms with van der Waals surface area (Å²) < 4.78 is 5.93. The zero-order valence-electron chi connectivity index (χ0n) is 17.0. The molecule has 2 aromatic carbocycles. The molecule has 0 spiro atoms. The summed E-state index contributed by atoms with van der Waals surface area (Å²) in [6.07, 6.45) is 2.24. The van der Waals surface area contributed by atoms with Gasteiger partial charge in [-0.2, -0.15) is 0 Å². The zero-order valence-corrected chi connectivity index (χ0v) is 17.0. The molecule has 0 aliphatic carbocycles. The van der Waals surface area contributed by atoms with E-state index in [-0.39, 0.29) is 6.10 Å². The zero-order chi connectivity index (χ0) is 19.6. The fourth-order valence-electron chi connectivity index (χ4n) is 3.42. The third-order valence-electron chi connectivity index (χ3n) is 4.89. The first kappa shape index (κ1) is 20.1. The van der Waals surface area contributed by atoms with E-state index < -0.39 is 0 Å². The summed E-state index contributed by atoms with van der Waals surface area (Å²) in [6.45, 7) is 7.75. The van der Waals surface area contributed by atoms with Gasteiger partial charge in [0.2, 0.25) is 0 Å². The quantitative estimate of drug-likeness (QED) is 0.568. The van der Waals surface area contributed by atoms with Crippen LogP contribution in [0.25, 0.3) is 0 Å². The molecule has 1 saturated heterocycles. The maximum atomic E-state index is 5.93. The van der Waals surface area contributed by atoms with E-state index in [1.165, 1.54) is 5.69 Å². The Morgan fingerprint density at radius 2 is 1.71 bits per heavy atom. The summed E-state index contributed by atoms with van der Waals surface area (Å²) in [7, 11) is 0. The molecule has 150 valence electrons. The molecule has 5 heteroatoms. The average Bonchev–Trinajstić information content (AvgIpc) is 2.74. The number of guanidine groups is 1. The van der Waals surface area contributed by atoms with Gasteiger partial charge in [0.05, 0.1) is 6.54 Å². The van der Waals surface area contributed by atoms with Crippen LogP contribution < -0.4 is 20.3 Å². The number of hydrogen-bond acceptors (Lipinski definition) is 3. The number of nitrogens with zero attached hydrogens (tertiary/aromatic N) is 2. The molecule has 3 rings (SSSR count). The van der Waals surface area contributed by atoms with Crippen LogP contribution in [-0.4, -0.2) is 44.3 Å². The van der Waals surface area contributed by atoms with Crippen LogP contribution in [-0.2, 0) is 0 Å². The number of benzene rings is 2. The molecular formula is C23H32N4O. The highest BCUT2D eigenvalue weighted by atomic mass is 16.5. The lowest BCUT2D eigenvalue weighted by molar-refractivity contribution is 0.230. The van der Waals surface area contributed by atoms with E-state index in [0.717, 1.165) is 44.2 Å². The molecule has 1 aliphatic heterocycles. The maximum Gasteiger partial charge on any atom is 0.191 e. The molecule has 28 heavy (non-hydrogen) atoms. The number of nitrogens with one attached hydrogen (secondary N) is 2. The molecule has 2 N–H and O–H groups in total. The highest BCUT2D eigenvalue weighted by molar-refractivity contribution is 5.80. The summed E-state index contributed by atoms with van der Waals surface area (Å²) in [5, 5.41) is 6.97. The SMILES string of the molecule is CCNC(=NCC(C)Oc1ccccc1)NC1CCN(c2ccccc2)CC1. The Bertz CT molecular complexity index is 712. The molecule has 1 unspecified atom stereocenters. The van der Waals surface area contributed by atoms with Crippen molar-refractivity contribution in [2.24, 2.45) is 4.99 Å². The summed E-state index contributed by atoms with van der Waals surface area (Å²) >= 11 is 0. The number of anilines is 1. The molecule has 1 atom stereocenters. The van der Waals surface area contributed by atoms with Crippen molar-refractivity contribution in [3.8, 4) is 5.75 Å². The molecule has 0 saturated carbocycles. The minimum atomic E-state index is 0.0257. The lowest BCUT2D eigenvalue weighted by Crippen LogP contribution is -2.49. The van der Waals surface area contributed by atoms with Gasteiger partial charge in [-0.15, -0.1) is 0 Å². The first-order chi connectivity index (χ1) is 13.7. The maximum absolute atomic E-state index is 5.93. The highest BCUT2D eigenvalue weighted by Gasteiger charge is 2.20. The number of piperidine rings is 1. The Morgan fingerprint density at radius 3 is 2.36 bits per heavy atom. The van der Waals surface area contributed by atoms with Crippen LogP contribution >= 0.6 is 0 Å². The molecule has 1 heterocycles. The Hall–Kier alpha value is -2.69. The van der Waals surface area contributed by atoms with Crippen molar-refractivity contribution in [1.29, 1.82) is 0 Å². The lowest BCUT2D eigenvalue weighted by Gasteiger charge is -2.34. The van der Waals surface area contributed by atoms with Crippen LogP contribution in [0.3, 0.4) is 0 Å². The summed E-state index contributed by atoms with van der Waals surface area (Å²) in [6, 6.07) is 21.0. The van der Waals surface area contributed by atoms with Gasteiger partial charge in [-0.25, -0.2) is 4.99 Å². The summed E-state index contributed by atoms with van der Waals surface area (Å²) in [4.78, 5) is 7.19. The van der Waals surface area contributed by atoms with E-state index in [0.29, 0.717) is 12.6 Å². The molecule has 0 radical (unpaired) electrons. The molecule has 0 bridgehead atoms. The van der Waals surface area contributed by atoms with Gasteiger partial charge in [0.25, 0.3) is 0 Å². The third kappa shape index (κ3) is 6.19. The molecule has 2 aromatic rings. The second-order valence-electron chi connectivity index (χ2n) is 7.20. The van der Waals surface area contributed by atoms with Gasteiger partial charge in [0.1, 0.15) is 11.9 Å². The van der Waals surface area contributed by atoms with Crippen molar-refractivity contribution in [2.45, 2.75) is 38.8 Å². The van der Waals surface area contributed by atoms with Gasteiger partial charge in [-0.1, -0.05) is 36.4 Å². The summed E-state index contributed by atoms with van der Waals surface area (Å²) in [5.41, 5.74) is 1.31. The van der Waals surface area contributed by atoms with Gasteiger partial charge in [-0.3, -0.25) is 0 Å². The molecule has 1 aliphatic rings. The van der Waals surface area contributed by atoms with Crippen molar-refractivity contribution < 1.29 is 4.74 Å². The van der Waals surface area contributed by atoms with Crippen molar-refractivity contribution in [3.63, 3.8) is 0 Å². The first-order valence-electron chi connectivity index (χ1n) is 10.3. The molecular weight excluding hydrogens is 348 g/mol. The number of ether oxygens (including phenoxy) is 1. The second-order valence-corrected chi connectivity index (χ2v) is 7.20. The van der Waals surface area contributed by atoms with Crippen LogP contribution in [0.4, 0.5) is 5.69 Å². The van der Waals surface area contributed by atoms with Gasteiger partial charge in [-0.05, 0) is 51.0 Å². The van der Waals surface area contributed by atoms with E-state index in [1.807, 2.05) is 30.3 Å². The van der Waals surface area contributed by atoms with Crippen molar-refractivity contribution in [2.75, 3.05) is 31.1 Å². The van der Waals surface area contributed by atoms with Gasteiger partial charge in [0, 0.05) is 31.4 Å². The lowest BCUT2D eigenvalue weighted by atomic mass is 10.0. The largest absolute Gasteiger partial charge is 0.489 e. The van der Waals surface area contributed by atoms with Crippen LogP contribution in [0.2, 0.25) is 0 Å². The van der Waals surface area contributed by atoms with Crippen LogP contribution in [0.1, 0.15) is 26.7 Å². The highest BCUT2D eigenvalue weighted by Crippen LogP contribution is 2.19. The van der Waals surface area contributed by atoms with E-state index in [4.69, 9.17) is 9.73 Å². The smallest absolute Gasteiger partial charge is 0.191 e. The van der Waals surface area contributed by atoms with Crippen LogP contribution in [0.15, 0.2) is 65.7 Å². The third-order valence-corrected chi connectivity index (χ3v) is 4.89. The minimum Gasteiger partial charge on any atom is -0.489 e. The number of hydrogen-bond donors (Lipinski definition) is 2. The Morgan fingerprint density at radius 1 is 1.07 bits per heavy atom. The summed E-state index contributed by atoms with van der Waals surface area (Å²) in [5.74, 6) is 1.76. The Balaban J connectivity index is 1.48. The number of aliphatic imine (C=N–C) groups is 1. The normalized spacial score (nSPS) is 16.5. The average molecular weight is 381 g/mol. The molecule has 0 aromatic heterocycles. The van der Waals surface area contributed by atoms with E-state index >= 15 is 0 Å². The predicted molar refractivity (Wildman–Crippen MR) is 117 cm³/mol. The predicted octanol–water partition coefficient (Wildman–Crippen LogP) is 3.68. The first-order valence-corrected chi connectivity index (χ1v) is 10.3. The standard InChI is InChI=1S/C23H32N4O/c1-3-24-23(25-18-19(2)28-22-12-8-5-9-13-22)26-20-14-16-27(17-15-20)21-10-6-4-7-11-21/h4-13,19-20H,3,14-18H2,1-2H3,(H2,24,25,26). The Labute approximate surface area is 168 Å². The van der Waals surface area contributed by atoms with Crippen molar-refractivity contribution in [1.82, 2.24) is 10.6 Å². The topological polar surface area (TPSA) is 48.9 Å². The molecule has 1 fully saturated rings. The second kappa shape index (κ2) is 10.6. The van der Waals surface area contributed by atoms with E-state index in [2.05, 4.69) is 59.7 Å². The van der Waals surface area contributed by atoms with Gasteiger partial charge >= 0.3 is 0 Å². The molecule has 0 amide bonds. The fourth-order valence-corrected chi connectivity index (χ4v) is 3.42. The monoisotopic (exact) mass is 380 g/mol. The van der Waals surface area contributed by atoms with E-state index in [9.17, 15) is 0 Å². The van der Waals surface area contributed by atoms with Gasteiger partial charge < -0.3 is 20.3 Å². The van der Waals surface area contributed by atoms with Crippen molar-refractivity contribution >= 4 is 11.6 Å². The number of para-hydroxylation sites is 2. The molecule has 5 nitrogen and oxygen atoms in total. The number of rotatable bonds is 7. The van der Waals surface area contributed by atoms with Crippen molar-refractivity contribution in [3.05, 3.63) is 60.7 Å². The minimum absolute atomic E-state index is 0.0257. The van der Waals surface area contributed by atoms with E-state index in [1.54, 1.807) is 0 Å². The Kier molecular flexibility index (Phi) is 7.59. The van der Waals surface area contributed by atoms with Crippen LogP contribution in [0.5, 0.6) is 5.75 Å². The van der Waals surface area contributed by atoms with Crippen LogP contribution in [0, 0.1) is 0 Å². The fraction of sp³-hybridized carbons (Fsp3) is 0.435.